The van der Waals surface area contributed by atoms with Gasteiger partial charge in [-0.05, 0) is 38.5 Å². The molecule has 0 saturated heterocycles. The molecule has 7 heteroatoms. The van der Waals surface area contributed by atoms with E-state index in [0.29, 0.717) is 5.56 Å². The van der Waals surface area contributed by atoms with Gasteiger partial charge in [-0.2, -0.15) is 4.98 Å². The van der Waals surface area contributed by atoms with E-state index >= 15 is 0 Å². The fraction of sp³-hybridized carbons (Fsp3) is 0.333. The predicted octanol–water partition coefficient (Wildman–Crippen LogP) is 3.89. The Balaban J connectivity index is 2.01. The Morgan fingerprint density at radius 2 is 1.91 bits per heavy atom. The average Bonchev–Trinajstić information content (AvgIpc) is 2.71. The van der Waals surface area contributed by atoms with Gasteiger partial charge in [0.15, 0.2) is 11.7 Å². The molecule has 0 aliphatic carbocycles. The molecule has 1 amide bonds. The van der Waals surface area contributed by atoms with Gasteiger partial charge in [0.05, 0.1) is 0 Å². The van der Waals surface area contributed by atoms with Gasteiger partial charge in [0.25, 0.3) is 0 Å². The van der Waals surface area contributed by atoms with Crippen LogP contribution in [0.1, 0.15) is 32.2 Å². The zero-order valence-corrected chi connectivity index (χ0v) is 12.4. The molecule has 2 aromatic rings. The highest BCUT2D eigenvalue weighted by atomic mass is 19.1. The van der Waals surface area contributed by atoms with E-state index in [0.717, 1.165) is 6.07 Å². The highest BCUT2D eigenvalue weighted by Crippen LogP contribution is 2.16. The van der Waals surface area contributed by atoms with Crippen molar-refractivity contribution < 1.29 is 22.7 Å². The van der Waals surface area contributed by atoms with E-state index in [-0.39, 0.29) is 18.1 Å². The lowest BCUT2D eigenvalue weighted by molar-refractivity contribution is 0.0635. The minimum absolute atomic E-state index is 0.102. The van der Waals surface area contributed by atoms with E-state index in [1.807, 2.05) is 0 Å². The van der Waals surface area contributed by atoms with Crippen molar-refractivity contribution in [2.75, 3.05) is 5.32 Å². The van der Waals surface area contributed by atoms with Gasteiger partial charge in [-0.3, -0.25) is 5.32 Å². The molecular weight excluding hydrogens is 294 g/mol. The first-order chi connectivity index (χ1) is 10.2. The fourth-order valence-corrected chi connectivity index (χ4v) is 1.75. The number of carbonyl (C=O) groups is 1. The minimum Gasteiger partial charge on any atom is -0.446 e. The second-order valence-electron chi connectivity index (χ2n) is 5.71. The van der Waals surface area contributed by atoms with Crippen LogP contribution >= 0.6 is 0 Å². The summed E-state index contributed by atoms with van der Waals surface area (Å²) < 4.78 is 36.4. The zero-order valence-electron chi connectivity index (χ0n) is 12.4. The maximum Gasteiger partial charge on any atom is 0.413 e. The van der Waals surface area contributed by atoms with Gasteiger partial charge in [-0.1, -0.05) is 0 Å². The van der Waals surface area contributed by atoms with Crippen LogP contribution in [0.15, 0.2) is 28.9 Å². The molecule has 0 aliphatic rings. The van der Waals surface area contributed by atoms with E-state index in [9.17, 15) is 13.6 Å². The first-order valence-corrected chi connectivity index (χ1v) is 6.61. The molecule has 22 heavy (non-hydrogen) atoms. The standard InChI is InChI=1S/C15H16F2N2O3/c1-15(2,3)22-14(20)19-12-8-21-13(18-12)6-9-4-10(16)7-11(17)5-9/h4-5,7-8H,6H2,1-3H3,(H,19,20). The first-order valence-electron chi connectivity index (χ1n) is 6.61. The number of ether oxygens (including phenoxy) is 1. The summed E-state index contributed by atoms with van der Waals surface area (Å²) in [6.45, 7) is 5.21. The molecule has 1 heterocycles. The number of benzene rings is 1. The maximum absolute atomic E-state index is 13.1. The number of nitrogens with zero attached hydrogens (tertiary/aromatic N) is 1. The van der Waals surface area contributed by atoms with Crippen LogP contribution in [0.25, 0.3) is 0 Å². The van der Waals surface area contributed by atoms with Crippen molar-refractivity contribution in [3.05, 3.63) is 47.6 Å². The Morgan fingerprint density at radius 1 is 1.27 bits per heavy atom. The van der Waals surface area contributed by atoms with Crippen molar-refractivity contribution in [2.24, 2.45) is 0 Å². The molecule has 1 aromatic heterocycles. The molecule has 0 atom stereocenters. The molecule has 0 fully saturated rings. The highest BCUT2D eigenvalue weighted by Gasteiger charge is 2.17. The molecule has 0 bridgehead atoms. The highest BCUT2D eigenvalue weighted by molar-refractivity contribution is 5.83. The predicted molar refractivity (Wildman–Crippen MR) is 75.5 cm³/mol. The third-order valence-corrected chi connectivity index (χ3v) is 2.46. The molecule has 0 spiro atoms. The lowest BCUT2D eigenvalue weighted by atomic mass is 10.1. The van der Waals surface area contributed by atoms with E-state index in [1.165, 1.54) is 18.4 Å². The van der Waals surface area contributed by atoms with Gasteiger partial charge in [0.1, 0.15) is 23.5 Å². The number of oxazole rings is 1. The van der Waals surface area contributed by atoms with Crippen molar-refractivity contribution in [3.8, 4) is 0 Å². The van der Waals surface area contributed by atoms with Crippen LogP contribution in [0.3, 0.4) is 0 Å². The zero-order chi connectivity index (χ0) is 16.3. The summed E-state index contributed by atoms with van der Waals surface area (Å²) in [6.07, 6.45) is 0.670. The number of aromatic nitrogens is 1. The number of hydrogen-bond acceptors (Lipinski definition) is 4. The largest absolute Gasteiger partial charge is 0.446 e. The molecule has 0 saturated carbocycles. The minimum atomic E-state index is -0.673. The Kier molecular flexibility index (Phi) is 4.44. The molecule has 2 rings (SSSR count). The van der Waals surface area contributed by atoms with Gasteiger partial charge in [-0.15, -0.1) is 0 Å². The Hall–Kier alpha value is -2.44. The summed E-state index contributed by atoms with van der Waals surface area (Å²) in [7, 11) is 0. The van der Waals surface area contributed by atoms with Gasteiger partial charge >= 0.3 is 6.09 Å². The summed E-state index contributed by atoms with van der Waals surface area (Å²) in [5.41, 5.74) is -0.251. The Morgan fingerprint density at radius 3 is 2.50 bits per heavy atom. The van der Waals surface area contributed by atoms with Gasteiger partial charge in [0.2, 0.25) is 0 Å². The van der Waals surface area contributed by atoms with E-state index in [1.54, 1.807) is 20.8 Å². The smallest absolute Gasteiger partial charge is 0.413 e. The Bertz CT molecular complexity index is 657. The van der Waals surface area contributed by atoms with Crippen LogP contribution in [0.2, 0.25) is 0 Å². The van der Waals surface area contributed by atoms with Gasteiger partial charge < -0.3 is 9.15 Å². The van der Waals surface area contributed by atoms with Crippen LogP contribution in [0, 0.1) is 11.6 Å². The van der Waals surface area contributed by atoms with Crippen LogP contribution in [-0.4, -0.2) is 16.7 Å². The van der Waals surface area contributed by atoms with Gasteiger partial charge in [-0.25, -0.2) is 13.6 Å². The van der Waals surface area contributed by atoms with Crippen LogP contribution in [-0.2, 0) is 11.2 Å². The normalized spacial score (nSPS) is 11.3. The number of amides is 1. The summed E-state index contributed by atoms with van der Waals surface area (Å²) in [6, 6.07) is 3.16. The monoisotopic (exact) mass is 310 g/mol. The van der Waals surface area contributed by atoms with Crippen molar-refractivity contribution in [1.29, 1.82) is 0 Å². The van der Waals surface area contributed by atoms with Gasteiger partial charge in [0, 0.05) is 12.5 Å². The molecule has 5 nitrogen and oxygen atoms in total. The van der Waals surface area contributed by atoms with Crippen LogP contribution in [0.5, 0.6) is 0 Å². The maximum atomic E-state index is 13.1. The fourth-order valence-electron chi connectivity index (χ4n) is 1.75. The van der Waals surface area contributed by atoms with Crippen molar-refractivity contribution in [1.82, 2.24) is 4.98 Å². The Labute approximate surface area is 126 Å². The van der Waals surface area contributed by atoms with Crippen molar-refractivity contribution in [2.45, 2.75) is 32.8 Å². The average molecular weight is 310 g/mol. The molecule has 0 radical (unpaired) electrons. The number of hydrogen-bond donors (Lipinski definition) is 1. The lowest BCUT2D eigenvalue weighted by Crippen LogP contribution is -2.27. The quantitative estimate of drug-likeness (QED) is 0.934. The molecule has 0 unspecified atom stereocenters. The second-order valence-corrected chi connectivity index (χ2v) is 5.71. The summed E-state index contributed by atoms with van der Waals surface area (Å²) >= 11 is 0. The first kappa shape index (κ1) is 15.9. The number of rotatable bonds is 3. The third kappa shape index (κ3) is 4.83. The molecule has 1 aromatic carbocycles. The van der Waals surface area contributed by atoms with Crippen molar-refractivity contribution >= 4 is 11.9 Å². The molecular formula is C15H16F2N2O3. The molecule has 118 valence electrons. The summed E-state index contributed by atoms with van der Waals surface area (Å²) in [4.78, 5) is 15.6. The third-order valence-electron chi connectivity index (χ3n) is 2.46. The van der Waals surface area contributed by atoms with E-state index in [2.05, 4.69) is 10.3 Å². The number of carbonyl (C=O) groups excluding carboxylic acids is 1. The number of nitrogens with one attached hydrogen (secondary N) is 1. The molecule has 1 N–H and O–H groups in total. The molecule has 0 aliphatic heterocycles. The number of anilines is 1. The summed E-state index contributed by atoms with van der Waals surface area (Å²) in [5, 5.41) is 2.41. The SMILES string of the molecule is CC(C)(C)OC(=O)Nc1coc(Cc2cc(F)cc(F)c2)n1. The second kappa shape index (κ2) is 6.13. The summed E-state index contributed by atoms with van der Waals surface area (Å²) in [5.74, 6) is -0.959. The topological polar surface area (TPSA) is 64.4 Å². The van der Waals surface area contributed by atoms with E-state index < -0.39 is 23.3 Å². The van der Waals surface area contributed by atoms with Crippen LogP contribution < -0.4 is 5.32 Å². The van der Waals surface area contributed by atoms with E-state index in [4.69, 9.17) is 9.15 Å². The lowest BCUT2D eigenvalue weighted by Gasteiger charge is -2.18. The van der Waals surface area contributed by atoms with Crippen molar-refractivity contribution in [3.63, 3.8) is 0 Å². The van der Waals surface area contributed by atoms with Crippen LogP contribution in [0.4, 0.5) is 19.4 Å². The number of halogens is 2.